The topological polar surface area (TPSA) is 69.7 Å². The molecule has 0 aromatic heterocycles. The predicted molar refractivity (Wildman–Crippen MR) is 108 cm³/mol. The van der Waals surface area contributed by atoms with Crippen LogP contribution in [-0.4, -0.2) is 46.7 Å². The highest BCUT2D eigenvalue weighted by Gasteiger charge is 2.33. The van der Waals surface area contributed by atoms with Crippen molar-refractivity contribution in [1.82, 2.24) is 9.80 Å². The molecule has 0 saturated carbocycles. The fourth-order valence-corrected chi connectivity index (χ4v) is 3.23. The van der Waals surface area contributed by atoms with Gasteiger partial charge in [0.25, 0.3) is 5.91 Å². The number of carbonyl (C=O) groups is 3. The van der Waals surface area contributed by atoms with Crippen molar-refractivity contribution >= 4 is 23.4 Å². The van der Waals surface area contributed by atoms with Gasteiger partial charge in [0.2, 0.25) is 0 Å². The Bertz CT molecular complexity index is 941. The third-order valence-electron chi connectivity index (χ3n) is 4.93. The SMILES string of the molecule is Cc1ccc(NC(=O)c2ccc(CN3CCN(C(C)C)C(=O)C3=O)cc2)c(F)c1. The smallest absolute Gasteiger partial charge is 0.312 e. The monoisotopic (exact) mass is 397 g/mol. The Morgan fingerprint density at radius 1 is 1.07 bits per heavy atom. The van der Waals surface area contributed by atoms with Gasteiger partial charge in [-0.3, -0.25) is 14.4 Å². The van der Waals surface area contributed by atoms with E-state index in [1.165, 1.54) is 17.0 Å². The maximum Gasteiger partial charge on any atom is 0.312 e. The molecule has 1 heterocycles. The first-order chi connectivity index (χ1) is 13.8. The Morgan fingerprint density at radius 3 is 2.38 bits per heavy atom. The van der Waals surface area contributed by atoms with E-state index in [0.29, 0.717) is 25.2 Å². The van der Waals surface area contributed by atoms with Gasteiger partial charge in [-0.2, -0.15) is 0 Å². The van der Waals surface area contributed by atoms with E-state index in [4.69, 9.17) is 0 Å². The number of rotatable bonds is 5. The summed E-state index contributed by atoms with van der Waals surface area (Å²) in [6.07, 6.45) is 0. The average molecular weight is 397 g/mol. The summed E-state index contributed by atoms with van der Waals surface area (Å²) in [5.74, 6) is -1.90. The van der Waals surface area contributed by atoms with Gasteiger partial charge in [0.15, 0.2) is 0 Å². The van der Waals surface area contributed by atoms with Gasteiger partial charge < -0.3 is 15.1 Å². The molecule has 2 aromatic carbocycles. The van der Waals surface area contributed by atoms with Gasteiger partial charge in [-0.1, -0.05) is 18.2 Å². The standard InChI is InChI=1S/C22H24FN3O3/c1-14(2)26-11-10-25(21(28)22(26)29)13-16-5-7-17(8-6-16)20(27)24-19-9-4-15(3)12-18(19)23/h4-9,12,14H,10-11,13H2,1-3H3,(H,24,27). The van der Waals surface area contributed by atoms with Gasteiger partial charge in [-0.25, -0.2) is 4.39 Å². The number of nitrogens with zero attached hydrogens (tertiary/aromatic N) is 2. The lowest BCUT2D eigenvalue weighted by Gasteiger charge is -2.36. The number of anilines is 1. The van der Waals surface area contributed by atoms with Gasteiger partial charge in [0.05, 0.1) is 5.69 Å². The van der Waals surface area contributed by atoms with Crippen LogP contribution in [0.4, 0.5) is 10.1 Å². The molecule has 3 rings (SSSR count). The first kappa shape index (κ1) is 20.5. The zero-order chi connectivity index (χ0) is 21.1. The summed E-state index contributed by atoms with van der Waals surface area (Å²) < 4.78 is 13.9. The van der Waals surface area contributed by atoms with Crippen molar-refractivity contribution in [3.63, 3.8) is 0 Å². The summed E-state index contributed by atoms with van der Waals surface area (Å²) in [5.41, 5.74) is 2.08. The number of nitrogens with one attached hydrogen (secondary N) is 1. The summed E-state index contributed by atoms with van der Waals surface area (Å²) in [5, 5.41) is 2.55. The first-order valence-corrected chi connectivity index (χ1v) is 9.52. The average Bonchev–Trinajstić information content (AvgIpc) is 2.68. The van der Waals surface area contributed by atoms with E-state index in [9.17, 15) is 18.8 Å². The summed E-state index contributed by atoms with van der Waals surface area (Å²) in [6, 6.07) is 11.3. The molecule has 1 fully saturated rings. The molecule has 7 heteroatoms. The fraction of sp³-hybridized carbons (Fsp3) is 0.318. The zero-order valence-corrected chi connectivity index (χ0v) is 16.7. The molecule has 0 aliphatic carbocycles. The van der Waals surface area contributed by atoms with Crippen molar-refractivity contribution in [2.24, 2.45) is 0 Å². The fourth-order valence-electron chi connectivity index (χ4n) is 3.23. The molecule has 1 aliphatic heterocycles. The van der Waals surface area contributed by atoms with E-state index in [0.717, 1.165) is 11.1 Å². The van der Waals surface area contributed by atoms with Gasteiger partial charge in [-0.05, 0) is 56.2 Å². The van der Waals surface area contributed by atoms with Crippen LogP contribution in [0.1, 0.15) is 35.3 Å². The van der Waals surface area contributed by atoms with Crippen LogP contribution >= 0.6 is 0 Å². The van der Waals surface area contributed by atoms with Crippen molar-refractivity contribution in [2.75, 3.05) is 18.4 Å². The number of hydrogen-bond acceptors (Lipinski definition) is 3. The Balaban J connectivity index is 1.63. The highest BCUT2D eigenvalue weighted by atomic mass is 19.1. The second-order valence-electron chi connectivity index (χ2n) is 7.45. The van der Waals surface area contributed by atoms with Crippen LogP contribution in [0.5, 0.6) is 0 Å². The molecule has 1 N–H and O–H groups in total. The van der Waals surface area contributed by atoms with Crippen molar-refractivity contribution in [3.05, 3.63) is 65.0 Å². The molecule has 6 nitrogen and oxygen atoms in total. The Labute approximate surface area is 169 Å². The number of piperazine rings is 1. The molecule has 1 saturated heterocycles. The van der Waals surface area contributed by atoms with Gasteiger partial charge in [0.1, 0.15) is 5.82 Å². The molecule has 0 bridgehead atoms. The minimum absolute atomic E-state index is 0.00948. The summed E-state index contributed by atoms with van der Waals surface area (Å²) in [7, 11) is 0. The molecule has 0 unspecified atom stereocenters. The summed E-state index contributed by atoms with van der Waals surface area (Å²) in [6.45, 7) is 6.81. The summed E-state index contributed by atoms with van der Waals surface area (Å²) in [4.78, 5) is 39.9. The highest BCUT2D eigenvalue weighted by molar-refractivity contribution is 6.35. The first-order valence-electron chi connectivity index (χ1n) is 9.52. The molecular weight excluding hydrogens is 373 g/mol. The molecule has 0 atom stereocenters. The minimum Gasteiger partial charge on any atom is -0.330 e. The van der Waals surface area contributed by atoms with E-state index in [2.05, 4.69) is 5.32 Å². The van der Waals surface area contributed by atoms with E-state index in [-0.39, 0.29) is 11.7 Å². The quantitative estimate of drug-likeness (QED) is 0.789. The third kappa shape index (κ3) is 4.62. The van der Waals surface area contributed by atoms with Crippen LogP contribution in [0.3, 0.4) is 0 Å². The van der Waals surface area contributed by atoms with Crippen LogP contribution in [0.15, 0.2) is 42.5 Å². The molecular formula is C22H24FN3O3. The van der Waals surface area contributed by atoms with Crippen molar-refractivity contribution in [2.45, 2.75) is 33.4 Å². The normalized spacial score (nSPS) is 14.5. The molecule has 0 spiro atoms. The van der Waals surface area contributed by atoms with Crippen LogP contribution in [0.2, 0.25) is 0 Å². The maximum absolute atomic E-state index is 13.9. The molecule has 0 radical (unpaired) electrons. The van der Waals surface area contributed by atoms with Gasteiger partial charge in [0, 0.05) is 31.2 Å². The lowest BCUT2D eigenvalue weighted by atomic mass is 10.1. The van der Waals surface area contributed by atoms with Crippen LogP contribution in [0.25, 0.3) is 0 Å². The van der Waals surface area contributed by atoms with Gasteiger partial charge >= 0.3 is 11.8 Å². The van der Waals surface area contributed by atoms with E-state index >= 15 is 0 Å². The van der Waals surface area contributed by atoms with Crippen LogP contribution in [-0.2, 0) is 16.1 Å². The largest absolute Gasteiger partial charge is 0.330 e. The number of amides is 3. The van der Waals surface area contributed by atoms with Crippen molar-refractivity contribution in [3.8, 4) is 0 Å². The predicted octanol–water partition coefficient (Wildman–Crippen LogP) is 2.97. The Hall–Kier alpha value is -3.22. The molecule has 152 valence electrons. The Kier molecular flexibility index (Phi) is 5.96. The summed E-state index contributed by atoms with van der Waals surface area (Å²) >= 11 is 0. The van der Waals surface area contributed by atoms with E-state index in [1.807, 2.05) is 13.8 Å². The van der Waals surface area contributed by atoms with Crippen LogP contribution in [0, 0.1) is 12.7 Å². The number of benzene rings is 2. The van der Waals surface area contributed by atoms with Crippen molar-refractivity contribution in [1.29, 1.82) is 0 Å². The second-order valence-corrected chi connectivity index (χ2v) is 7.45. The molecule has 1 aliphatic rings. The zero-order valence-electron chi connectivity index (χ0n) is 16.7. The van der Waals surface area contributed by atoms with Gasteiger partial charge in [-0.15, -0.1) is 0 Å². The molecule has 29 heavy (non-hydrogen) atoms. The minimum atomic E-state index is -0.512. The lowest BCUT2D eigenvalue weighted by molar-refractivity contribution is -0.157. The maximum atomic E-state index is 13.9. The number of halogens is 1. The highest BCUT2D eigenvalue weighted by Crippen LogP contribution is 2.17. The van der Waals surface area contributed by atoms with E-state index < -0.39 is 23.5 Å². The third-order valence-corrected chi connectivity index (χ3v) is 4.93. The van der Waals surface area contributed by atoms with Crippen molar-refractivity contribution < 1.29 is 18.8 Å². The Morgan fingerprint density at radius 2 is 1.76 bits per heavy atom. The number of carbonyl (C=O) groups excluding carboxylic acids is 3. The molecule has 3 amide bonds. The number of aryl methyl sites for hydroxylation is 1. The number of hydrogen-bond donors (Lipinski definition) is 1. The lowest BCUT2D eigenvalue weighted by Crippen LogP contribution is -2.55. The molecule has 2 aromatic rings. The van der Waals surface area contributed by atoms with Crippen LogP contribution < -0.4 is 5.32 Å². The van der Waals surface area contributed by atoms with E-state index in [1.54, 1.807) is 42.2 Å². The second kappa shape index (κ2) is 8.43.